The maximum atomic E-state index is 15.2. The number of ether oxygens (including phenoxy) is 1. The highest BCUT2D eigenvalue weighted by atomic mass is 16.5. The molecule has 13 rings (SSSR count). The normalized spacial score (nSPS) is 48.7. The molecule has 10 heteroatoms. The first kappa shape index (κ1) is 48.0. The summed E-state index contributed by atoms with van der Waals surface area (Å²) in [6.07, 6.45) is 17.6. The van der Waals surface area contributed by atoms with E-state index in [-0.39, 0.29) is 61.6 Å². The molecular weight excluding hydrogens is 903 g/mol. The molecule has 8 fully saturated rings. The first-order valence-electron chi connectivity index (χ1n) is 28.4. The van der Waals surface area contributed by atoms with Gasteiger partial charge in [0.15, 0.2) is 0 Å². The summed E-state index contributed by atoms with van der Waals surface area (Å²) in [5.74, 6) is 4.06. The number of hydrogen-bond donors (Lipinski definition) is 7. The van der Waals surface area contributed by atoms with Gasteiger partial charge in [-0.1, -0.05) is 98.2 Å². The number of fused-ring (bicyclic) bond motifs is 8. The summed E-state index contributed by atoms with van der Waals surface area (Å²) in [5, 5.41) is 85.0. The molecule has 10 aliphatic carbocycles. The number of aliphatic hydroxyl groups excluding tert-OH is 3. The SMILES string of the molecule is O=CC12CC3(CCC(CCc4ccccc4)C3)C(O)C3CC4C=CCC(C5CCCC5)C4CC(C(O)C4(O)C1CCC15CCC#Cc6ccccc6CC(NCO)C6CC(CC14O)C5C1=CC(=O)OC16)C32O. The van der Waals surface area contributed by atoms with Gasteiger partial charge in [0.2, 0.25) is 0 Å². The van der Waals surface area contributed by atoms with Crippen LogP contribution >= 0.6 is 0 Å². The molecule has 0 radical (unpaired) electrons. The molecule has 20 atom stereocenters. The lowest BCUT2D eigenvalue weighted by atomic mass is 9.33. The summed E-state index contributed by atoms with van der Waals surface area (Å²) in [7, 11) is 0. The number of hydrogen-bond acceptors (Lipinski definition) is 10. The molecule has 72 heavy (non-hydrogen) atoms. The maximum absolute atomic E-state index is 15.2. The number of nitrogens with one attached hydrogen (secondary N) is 1. The molecule has 11 aliphatic rings. The van der Waals surface area contributed by atoms with Gasteiger partial charge in [-0.05, 0) is 166 Å². The van der Waals surface area contributed by atoms with E-state index < -0.39 is 75.1 Å². The summed E-state index contributed by atoms with van der Waals surface area (Å²) in [5.41, 5.74) is -5.45. The third-order valence-corrected chi connectivity index (χ3v) is 23.5. The van der Waals surface area contributed by atoms with E-state index in [0.29, 0.717) is 75.5 Å². The van der Waals surface area contributed by atoms with Crippen LogP contribution in [0.15, 0.2) is 78.4 Å². The third-order valence-electron chi connectivity index (χ3n) is 23.5. The van der Waals surface area contributed by atoms with Gasteiger partial charge in [-0.2, -0.15) is 0 Å². The molecule has 7 N–H and O–H groups in total. The van der Waals surface area contributed by atoms with E-state index in [9.17, 15) is 35.4 Å². The lowest BCUT2D eigenvalue weighted by Gasteiger charge is -2.74. The molecule has 0 aromatic heterocycles. The maximum Gasteiger partial charge on any atom is 0.331 e. The average molecular weight is 980 g/mol. The summed E-state index contributed by atoms with van der Waals surface area (Å²) in [4.78, 5) is 28.9. The molecule has 1 aliphatic heterocycles. The number of rotatable bonds is 7. The van der Waals surface area contributed by atoms with Crippen molar-refractivity contribution < 1.29 is 45.0 Å². The fourth-order valence-electron chi connectivity index (χ4n) is 20.9. The van der Waals surface area contributed by atoms with Crippen LogP contribution in [0.4, 0.5) is 0 Å². The first-order chi connectivity index (χ1) is 34.8. The summed E-state index contributed by atoms with van der Waals surface area (Å²) >= 11 is 0. The van der Waals surface area contributed by atoms with E-state index in [0.717, 1.165) is 61.5 Å². The summed E-state index contributed by atoms with van der Waals surface area (Å²) in [6, 6.07) is 18.3. The molecule has 0 amide bonds. The fraction of sp³-hybridized carbons (Fsp3) is 0.677. The van der Waals surface area contributed by atoms with E-state index >= 15 is 4.79 Å². The minimum absolute atomic E-state index is 0.0252. The molecule has 2 aromatic carbocycles. The van der Waals surface area contributed by atoms with Gasteiger partial charge in [0, 0.05) is 53.2 Å². The first-order valence-corrected chi connectivity index (χ1v) is 28.4. The monoisotopic (exact) mass is 980 g/mol. The van der Waals surface area contributed by atoms with Crippen LogP contribution in [0, 0.1) is 93.2 Å². The van der Waals surface area contributed by atoms with Crippen molar-refractivity contribution in [1.82, 2.24) is 5.32 Å². The quantitative estimate of drug-likeness (QED) is 0.0496. The third kappa shape index (κ3) is 6.53. The van der Waals surface area contributed by atoms with Crippen molar-refractivity contribution in [3.05, 3.63) is 95.1 Å². The van der Waals surface area contributed by atoms with Gasteiger partial charge < -0.3 is 40.2 Å². The standard InChI is InChI=1S/C62H77NO9/c64-35-59-34-57(25-22-38(32-57)21-20-37-11-2-1-3-12-37)55(67)48-28-42-18-10-19-44(40-15-5-6-16-40)45(42)30-49(61(48,59)70)56(68)62(71)51(59)23-26-58-24-9-8-14-39-13-4-7-17-41(39)29-50(63-36-65)46-27-43(33-60(58,62)69)53(58)47-31-52(66)72-54(46)47/h1-4,7,10-13,17-18,31,35,38,40,42-46,48-51,53-56,63,65,67-71H,5-6,9,15-16,19-30,32-34,36H2. The molecule has 384 valence electrons. The van der Waals surface area contributed by atoms with Crippen molar-refractivity contribution in [1.29, 1.82) is 0 Å². The predicted molar refractivity (Wildman–Crippen MR) is 270 cm³/mol. The second-order valence-corrected chi connectivity index (χ2v) is 25.8. The zero-order chi connectivity index (χ0) is 49.4. The number of allylic oxidation sites excluding steroid dienone is 2. The molecule has 1 heterocycles. The van der Waals surface area contributed by atoms with Crippen LogP contribution in [0.2, 0.25) is 0 Å². The Bertz CT molecular complexity index is 2580. The molecular formula is C62H77NO9. The number of aryl methyl sites for hydroxylation is 1. The molecule has 8 saturated carbocycles. The molecule has 4 bridgehead atoms. The number of aldehydes is 1. The summed E-state index contributed by atoms with van der Waals surface area (Å²) in [6.45, 7) is -0.285. The van der Waals surface area contributed by atoms with Gasteiger partial charge in [-0.15, -0.1) is 0 Å². The Balaban J connectivity index is 0.972. The van der Waals surface area contributed by atoms with Gasteiger partial charge in [0.05, 0.1) is 30.0 Å². The average Bonchev–Trinajstić information content (AvgIpc) is 4.19. The Morgan fingerprint density at radius 2 is 1.61 bits per heavy atom. The number of esters is 1. The number of benzene rings is 2. The van der Waals surface area contributed by atoms with Crippen LogP contribution in [-0.2, 0) is 27.2 Å². The van der Waals surface area contributed by atoms with Crippen LogP contribution in [0.1, 0.15) is 132 Å². The van der Waals surface area contributed by atoms with Crippen LogP contribution in [0.25, 0.3) is 0 Å². The van der Waals surface area contributed by atoms with Crippen molar-refractivity contribution in [2.45, 2.75) is 170 Å². The van der Waals surface area contributed by atoms with Gasteiger partial charge in [-0.25, -0.2) is 4.79 Å². The van der Waals surface area contributed by atoms with Gasteiger partial charge in [0.25, 0.3) is 0 Å². The van der Waals surface area contributed by atoms with Crippen molar-refractivity contribution in [2.24, 2.45) is 81.3 Å². The Morgan fingerprint density at radius 3 is 2.42 bits per heavy atom. The molecule has 2 aromatic rings. The second-order valence-electron chi connectivity index (χ2n) is 25.8. The van der Waals surface area contributed by atoms with E-state index in [1.165, 1.54) is 18.4 Å². The lowest BCUT2D eigenvalue weighted by Crippen LogP contribution is -2.86. The molecule has 0 saturated heterocycles. The van der Waals surface area contributed by atoms with E-state index in [4.69, 9.17) is 4.74 Å². The van der Waals surface area contributed by atoms with Crippen LogP contribution in [0.5, 0.6) is 0 Å². The van der Waals surface area contributed by atoms with Gasteiger partial charge >= 0.3 is 5.97 Å². The number of carbonyl (C=O) groups is 2. The molecule has 2 spiro atoms. The molecule has 10 nitrogen and oxygen atoms in total. The number of carbonyl (C=O) groups excluding carboxylic acids is 2. The Morgan fingerprint density at radius 1 is 0.819 bits per heavy atom. The van der Waals surface area contributed by atoms with E-state index in [1.807, 2.05) is 24.3 Å². The van der Waals surface area contributed by atoms with E-state index in [1.54, 1.807) is 6.08 Å². The van der Waals surface area contributed by atoms with Gasteiger partial charge in [-0.3, -0.25) is 5.32 Å². The fourth-order valence-corrected chi connectivity index (χ4v) is 20.9. The zero-order valence-corrected chi connectivity index (χ0v) is 41.9. The van der Waals surface area contributed by atoms with Crippen LogP contribution < -0.4 is 5.32 Å². The smallest absolute Gasteiger partial charge is 0.331 e. The Hall–Kier alpha value is -3.66. The molecule has 20 unspecified atom stereocenters. The highest BCUT2D eigenvalue weighted by molar-refractivity contribution is 5.86. The Kier molecular flexibility index (Phi) is 11.6. The van der Waals surface area contributed by atoms with Gasteiger partial charge in [0.1, 0.15) is 23.6 Å². The largest absolute Gasteiger partial charge is 0.454 e. The van der Waals surface area contributed by atoms with E-state index in [2.05, 4.69) is 59.6 Å². The van der Waals surface area contributed by atoms with Crippen LogP contribution in [-0.4, -0.2) is 90.8 Å². The Labute approximate surface area is 425 Å². The second kappa shape index (κ2) is 17.4. The summed E-state index contributed by atoms with van der Waals surface area (Å²) < 4.78 is 6.30. The van der Waals surface area contributed by atoms with Crippen LogP contribution in [0.3, 0.4) is 0 Å². The highest BCUT2D eigenvalue weighted by Crippen LogP contribution is 2.79. The number of aliphatic hydroxyl groups is 6. The lowest BCUT2D eigenvalue weighted by molar-refractivity contribution is -0.384. The van der Waals surface area contributed by atoms with Crippen molar-refractivity contribution >= 4 is 12.3 Å². The topological polar surface area (TPSA) is 177 Å². The van der Waals surface area contributed by atoms with Crippen molar-refractivity contribution in [3.8, 4) is 11.8 Å². The minimum atomic E-state index is -2.25. The van der Waals surface area contributed by atoms with Crippen molar-refractivity contribution in [2.75, 3.05) is 6.73 Å². The zero-order valence-electron chi connectivity index (χ0n) is 41.9. The minimum Gasteiger partial charge on any atom is -0.454 e. The van der Waals surface area contributed by atoms with Crippen molar-refractivity contribution in [3.63, 3.8) is 0 Å². The predicted octanol–water partition coefficient (Wildman–Crippen LogP) is 7.15. The highest BCUT2D eigenvalue weighted by Gasteiger charge is 2.87.